The SMILES string of the molecule is O=C(Cn1c2ccccc2c(=O)c2ccccc21)NC1CCCC2CNNC21. The molecule has 1 aliphatic heterocycles. The molecule has 2 aromatic carbocycles. The molecule has 3 atom stereocenters. The Balaban J connectivity index is 1.49. The molecule has 1 amide bonds. The maximum atomic E-state index is 13.0. The van der Waals surface area contributed by atoms with E-state index in [1.165, 1.54) is 6.42 Å². The molecular weight excluding hydrogens is 352 g/mol. The van der Waals surface area contributed by atoms with Crippen LogP contribution in [0.1, 0.15) is 19.3 Å². The third-order valence-electron chi connectivity index (χ3n) is 6.19. The average molecular weight is 376 g/mol. The molecule has 2 fully saturated rings. The van der Waals surface area contributed by atoms with Gasteiger partial charge < -0.3 is 9.88 Å². The van der Waals surface area contributed by atoms with Crippen molar-refractivity contribution in [1.29, 1.82) is 0 Å². The normalized spacial score (nSPS) is 24.4. The summed E-state index contributed by atoms with van der Waals surface area (Å²) >= 11 is 0. The Labute approximate surface area is 162 Å². The minimum atomic E-state index is -0.0155. The quantitative estimate of drug-likeness (QED) is 0.611. The fraction of sp³-hybridized carbons (Fsp3) is 0.364. The first-order chi connectivity index (χ1) is 13.7. The van der Waals surface area contributed by atoms with E-state index in [4.69, 9.17) is 0 Å². The predicted octanol–water partition coefficient (Wildman–Crippen LogP) is 1.92. The van der Waals surface area contributed by atoms with Crippen LogP contribution in [0.15, 0.2) is 53.3 Å². The van der Waals surface area contributed by atoms with Gasteiger partial charge in [0.25, 0.3) is 0 Å². The van der Waals surface area contributed by atoms with Gasteiger partial charge in [-0.15, -0.1) is 0 Å². The summed E-state index contributed by atoms with van der Waals surface area (Å²) < 4.78 is 1.96. The zero-order valence-electron chi connectivity index (χ0n) is 15.7. The Morgan fingerprint density at radius 1 is 1.04 bits per heavy atom. The molecule has 6 nitrogen and oxygen atoms in total. The third-order valence-corrected chi connectivity index (χ3v) is 6.19. The molecule has 3 unspecified atom stereocenters. The second-order valence-electron chi connectivity index (χ2n) is 7.87. The molecule has 3 N–H and O–H groups in total. The van der Waals surface area contributed by atoms with Gasteiger partial charge in [-0.3, -0.25) is 20.4 Å². The highest BCUT2D eigenvalue weighted by atomic mass is 16.2. The van der Waals surface area contributed by atoms with E-state index in [1.807, 2.05) is 53.1 Å². The smallest absolute Gasteiger partial charge is 0.240 e. The third kappa shape index (κ3) is 2.89. The summed E-state index contributed by atoms with van der Waals surface area (Å²) in [4.78, 5) is 25.8. The monoisotopic (exact) mass is 376 g/mol. The van der Waals surface area contributed by atoms with Crippen molar-refractivity contribution in [1.82, 2.24) is 20.7 Å². The van der Waals surface area contributed by atoms with Gasteiger partial charge in [0.15, 0.2) is 5.43 Å². The van der Waals surface area contributed by atoms with Crippen LogP contribution in [0.25, 0.3) is 21.8 Å². The van der Waals surface area contributed by atoms with Crippen LogP contribution in [0.2, 0.25) is 0 Å². The van der Waals surface area contributed by atoms with E-state index in [0.717, 1.165) is 30.4 Å². The van der Waals surface area contributed by atoms with Gasteiger partial charge in [-0.1, -0.05) is 30.7 Å². The number of nitrogens with zero attached hydrogens (tertiary/aromatic N) is 1. The maximum absolute atomic E-state index is 13.0. The lowest BCUT2D eigenvalue weighted by Gasteiger charge is -2.33. The number of carbonyl (C=O) groups is 1. The lowest BCUT2D eigenvalue weighted by molar-refractivity contribution is -0.122. The Hall–Kier alpha value is -2.70. The van der Waals surface area contributed by atoms with Crippen LogP contribution in [-0.4, -0.2) is 29.1 Å². The number of para-hydroxylation sites is 2. The van der Waals surface area contributed by atoms with Gasteiger partial charge in [0.2, 0.25) is 5.91 Å². The van der Waals surface area contributed by atoms with Gasteiger partial charge in [0.05, 0.1) is 11.0 Å². The molecular formula is C22H24N4O2. The summed E-state index contributed by atoms with van der Waals surface area (Å²) in [5, 5.41) is 4.54. The molecule has 1 aliphatic carbocycles. The van der Waals surface area contributed by atoms with Crippen LogP contribution in [-0.2, 0) is 11.3 Å². The van der Waals surface area contributed by atoms with E-state index < -0.39 is 0 Å². The highest BCUT2D eigenvalue weighted by molar-refractivity contribution is 5.94. The van der Waals surface area contributed by atoms with Gasteiger partial charge in [0, 0.05) is 29.4 Å². The summed E-state index contributed by atoms with van der Waals surface area (Å²) in [6, 6.07) is 15.5. The number of amides is 1. The summed E-state index contributed by atoms with van der Waals surface area (Å²) in [7, 11) is 0. The summed E-state index contributed by atoms with van der Waals surface area (Å²) in [5.41, 5.74) is 8.17. The van der Waals surface area contributed by atoms with Crippen LogP contribution in [0.3, 0.4) is 0 Å². The van der Waals surface area contributed by atoms with Gasteiger partial charge >= 0.3 is 0 Å². The van der Waals surface area contributed by atoms with Gasteiger partial charge in [-0.25, -0.2) is 0 Å². The fourth-order valence-corrected chi connectivity index (χ4v) is 4.85. The minimum absolute atomic E-state index is 0.0132. The molecule has 0 spiro atoms. The summed E-state index contributed by atoms with van der Waals surface area (Å²) in [5.74, 6) is 0.561. The van der Waals surface area contributed by atoms with Crippen molar-refractivity contribution < 1.29 is 4.79 Å². The average Bonchev–Trinajstić information content (AvgIpc) is 3.21. The molecule has 1 saturated carbocycles. The molecule has 144 valence electrons. The van der Waals surface area contributed by atoms with E-state index in [0.29, 0.717) is 22.7 Å². The number of aromatic nitrogens is 1. The Kier molecular flexibility index (Phi) is 4.37. The number of carbonyl (C=O) groups excluding carboxylic acids is 1. The number of fused-ring (bicyclic) bond motifs is 3. The fourth-order valence-electron chi connectivity index (χ4n) is 4.85. The first kappa shape index (κ1) is 17.4. The van der Waals surface area contributed by atoms with E-state index in [2.05, 4.69) is 16.2 Å². The summed E-state index contributed by atoms with van der Waals surface area (Å²) in [6.07, 6.45) is 3.33. The maximum Gasteiger partial charge on any atom is 0.240 e. The van der Waals surface area contributed by atoms with Gasteiger partial charge in [0.1, 0.15) is 6.54 Å². The molecule has 2 heterocycles. The molecule has 0 bridgehead atoms. The van der Waals surface area contributed by atoms with Gasteiger partial charge in [-0.2, -0.15) is 0 Å². The Morgan fingerprint density at radius 3 is 2.43 bits per heavy atom. The minimum Gasteiger partial charge on any atom is -0.350 e. The Morgan fingerprint density at radius 2 is 1.71 bits per heavy atom. The number of pyridine rings is 1. The first-order valence-electron chi connectivity index (χ1n) is 10.0. The van der Waals surface area contributed by atoms with Gasteiger partial charge in [-0.05, 0) is 43.0 Å². The van der Waals surface area contributed by atoms with E-state index in [-0.39, 0.29) is 23.9 Å². The standard InChI is InChI=1S/C22H24N4O2/c27-20(24-17-9-5-6-14-12-23-25-21(14)17)13-26-18-10-3-1-7-15(18)22(28)16-8-2-4-11-19(16)26/h1-4,7-8,10-11,14,17,21,23,25H,5-6,9,12-13H2,(H,24,27). The van der Waals surface area contributed by atoms with Crippen molar-refractivity contribution in [3.63, 3.8) is 0 Å². The first-order valence-corrected chi connectivity index (χ1v) is 10.0. The van der Waals surface area contributed by atoms with Crippen molar-refractivity contribution in [3.05, 3.63) is 58.8 Å². The van der Waals surface area contributed by atoms with Crippen LogP contribution >= 0.6 is 0 Å². The number of hydrazine groups is 1. The number of benzene rings is 2. The van der Waals surface area contributed by atoms with Crippen molar-refractivity contribution in [2.45, 2.75) is 37.9 Å². The van der Waals surface area contributed by atoms with Crippen molar-refractivity contribution in [2.75, 3.05) is 6.54 Å². The molecule has 1 aromatic heterocycles. The molecule has 1 saturated heterocycles. The molecule has 6 heteroatoms. The van der Waals surface area contributed by atoms with Crippen molar-refractivity contribution in [2.24, 2.45) is 5.92 Å². The van der Waals surface area contributed by atoms with Crippen molar-refractivity contribution >= 4 is 27.7 Å². The molecule has 0 radical (unpaired) electrons. The van der Waals surface area contributed by atoms with Crippen LogP contribution in [0.5, 0.6) is 0 Å². The lowest BCUT2D eigenvalue weighted by Crippen LogP contribution is -2.53. The summed E-state index contributed by atoms with van der Waals surface area (Å²) in [6.45, 7) is 1.16. The number of rotatable bonds is 3. The lowest BCUT2D eigenvalue weighted by atomic mass is 9.82. The number of hydrogen-bond donors (Lipinski definition) is 3. The number of nitrogens with one attached hydrogen (secondary N) is 3. The molecule has 28 heavy (non-hydrogen) atoms. The molecule has 5 rings (SSSR count). The number of hydrogen-bond acceptors (Lipinski definition) is 4. The largest absolute Gasteiger partial charge is 0.350 e. The van der Waals surface area contributed by atoms with E-state index in [1.54, 1.807) is 0 Å². The molecule has 2 aliphatic rings. The van der Waals surface area contributed by atoms with Crippen LogP contribution in [0.4, 0.5) is 0 Å². The Bertz CT molecular complexity index is 1050. The van der Waals surface area contributed by atoms with Crippen molar-refractivity contribution in [3.8, 4) is 0 Å². The zero-order valence-corrected chi connectivity index (χ0v) is 15.7. The molecule has 3 aromatic rings. The topological polar surface area (TPSA) is 75.2 Å². The second kappa shape index (κ2) is 7.04. The van der Waals surface area contributed by atoms with E-state index in [9.17, 15) is 9.59 Å². The zero-order chi connectivity index (χ0) is 19.1. The van der Waals surface area contributed by atoms with Crippen LogP contribution < -0.4 is 21.6 Å². The highest BCUT2D eigenvalue weighted by Crippen LogP contribution is 2.27. The highest BCUT2D eigenvalue weighted by Gasteiger charge is 2.37. The van der Waals surface area contributed by atoms with E-state index >= 15 is 0 Å². The van der Waals surface area contributed by atoms with Crippen LogP contribution in [0, 0.1) is 5.92 Å². The second-order valence-corrected chi connectivity index (χ2v) is 7.87. The predicted molar refractivity (Wildman–Crippen MR) is 110 cm³/mol.